The van der Waals surface area contributed by atoms with Crippen molar-refractivity contribution >= 4 is 39.1 Å². The molecule has 1 saturated heterocycles. The Bertz CT molecular complexity index is 963. The maximum Gasteiger partial charge on any atom is 0.224 e. The zero-order chi connectivity index (χ0) is 21.7. The van der Waals surface area contributed by atoms with Gasteiger partial charge in [-0.1, -0.05) is 66.5 Å². The third kappa shape index (κ3) is 5.55. The van der Waals surface area contributed by atoms with Crippen LogP contribution in [0.1, 0.15) is 43.4 Å². The molecule has 0 saturated carbocycles. The summed E-state index contributed by atoms with van der Waals surface area (Å²) >= 11 is 12.3. The number of carbonyl (C=O) groups excluding carboxylic acids is 1. The van der Waals surface area contributed by atoms with E-state index >= 15 is 0 Å². The minimum Gasteiger partial charge on any atom is -0.349 e. The van der Waals surface area contributed by atoms with Crippen LogP contribution in [0.3, 0.4) is 0 Å². The van der Waals surface area contributed by atoms with Crippen molar-refractivity contribution in [3.63, 3.8) is 0 Å². The van der Waals surface area contributed by atoms with Crippen LogP contribution < -0.4 is 5.32 Å². The molecule has 3 rings (SSSR count). The number of rotatable bonds is 7. The van der Waals surface area contributed by atoms with Crippen molar-refractivity contribution in [1.82, 2.24) is 9.62 Å². The molecule has 2 atom stereocenters. The largest absolute Gasteiger partial charge is 0.349 e. The van der Waals surface area contributed by atoms with E-state index in [2.05, 4.69) is 5.32 Å². The van der Waals surface area contributed by atoms with Crippen molar-refractivity contribution in [3.8, 4) is 0 Å². The molecule has 0 spiro atoms. The SMILES string of the molecule is CC[C@H](NC(=O)[C@@H]1CCCN(S(=O)(=O)Cc2c(Cl)cccc2Cl)C1)c1ccccc1. The van der Waals surface area contributed by atoms with Gasteiger partial charge in [-0.2, -0.15) is 0 Å². The van der Waals surface area contributed by atoms with Gasteiger partial charge < -0.3 is 5.32 Å². The molecule has 162 valence electrons. The van der Waals surface area contributed by atoms with E-state index in [4.69, 9.17) is 23.2 Å². The highest BCUT2D eigenvalue weighted by Crippen LogP contribution is 2.29. The molecule has 1 fully saturated rings. The lowest BCUT2D eigenvalue weighted by molar-refractivity contribution is -0.126. The summed E-state index contributed by atoms with van der Waals surface area (Å²) in [4.78, 5) is 12.9. The molecule has 0 bridgehead atoms. The van der Waals surface area contributed by atoms with Crippen LogP contribution in [0.5, 0.6) is 0 Å². The molecular weight excluding hydrogens is 443 g/mol. The number of amides is 1. The molecule has 1 amide bonds. The first kappa shape index (κ1) is 23.1. The highest BCUT2D eigenvalue weighted by Gasteiger charge is 2.33. The highest BCUT2D eigenvalue weighted by molar-refractivity contribution is 7.88. The van der Waals surface area contributed by atoms with Crippen molar-refractivity contribution in [2.24, 2.45) is 5.92 Å². The molecule has 30 heavy (non-hydrogen) atoms. The van der Waals surface area contributed by atoms with Crippen LogP contribution >= 0.6 is 23.2 Å². The second-order valence-electron chi connectivity index (χ2n) is 7.53. The van der Waals surface area contributed by atoms with E-state index in [-0.39, 0.29) is 30.2 Å². The summed E-state index contributed by atoms with van der Waals surface area (Å²) in [5.74, 6) is -0.768. The number of hydrogen-bond donors (Lipinski definition) is 1. The van der Waals surface area contributed by atoms with Gasteiger partial charge in [0.1, 0.15) is 0 Å². The van der Waals surface area contributed by atoms with Crippen LogP contribution in [0.25, 0.3) is 0 Å². The third-order valence-electron chi connectivity index (χ3n) is 5.46. The first-order valence-corrected chi connectivity index (χ1v) is 12.4. The molecule has 1 aliphatic heterocycles. The molecule has 1 N–H and O–H groups in total. The first-order chi connectivity index (χ1) is 14.3. The fraction of sp³-hybridized carbons (Fsp3) is 0.409. The van der Waals surface area contributed by atoms with Gasteiger partial charge in [-0.05, 0) is 37.0 Å². The lowest BCUT2D eigenvalue weighted by Crippen LogP contribution is -2.46. The van der Waals surface area contributed by atoms with Gasteiger partial charge >= 0.3 is 0 Å². The van der Waals surface area contributed by atoms with Crippen LogP contribution in [0.4, 0.5) is 0 Å². The molecule has 0 aromatic heterocycles. The van der Waals surface area contributed by atoms with Crippen LogP contribution in [0.15, 0.2) is 48.5 Å². The first-order valence-electron chi connectivity index (χ1n) is 10.1. The molecule has 8 heteroatoms. The number of carbonyl (C=O) groups is 1. The Kier molecular flexibility index (Phi) is 7.80. The third-order valence-corrected chi connectivity index (χ3v) is 7.94. The molecule has 0 aliphatic carbocycles. The van der Waals surface area contributed by atoms with E-state index in [1.54, 1.807) is 18.2 Å². The second kappa shape index (κ2) is 10.1. The Labute approximate surface area is 188 Å². The van der Waals surface area contributed by atoms with Crippen LogP contribution in [-0.2, 0) is 20.6 Å². The van der Waals surface area contributed by atoms with Gasteiger partial charge in [0.25, 0.3) is 0 Å². The minimum atomic E-state index is -3.65. The van der Waals surface area contributed by atoms with Gasteiger partial charge in [0.05, 0.1) is 17.7 Å². The maximum absolute atomic E-state index is 13.0. The minimum absolute atomic E-state index is 0.0902. The predicted molar refractivity (Wildman–Crippen MR) is 121 cm³/mol. The predicted octanol–water partition coefficient (Wildman–Crippen LogP) is 4.80. The van der Waals surface area contributed by atoms with Crippen molar-refractivity contribution in [2.45, 2.75) is 38.0 Å². The monoisotopic (exact) mass is 468 g/mol. The number of benzene rings is 2. The van der Waals surface area contributed by atoms with Gasteiger partial charge in [0.2, 0.25) is 15.9 Å². The van der Waals surface area contributed by atoms with E-state index in [1.807, 2.05) is 37.3 Å². The molecule has 0 radical (unpaired) electrons. The second-order valence-corrected chi connectivity index (χ2v) is 10.3. The smallest absolute Gasteiger partial charge is 0.224 e. The molecular formula is C22H26Cl2N2O3S. The number of piperidine rings is 1. The van der Waals surface area contributed by atoms with Crippen LogP contribution in [0.2, 0.25) is 10.0 Å². The van der Waals surface area contributed by atoms with Crippen molar-refractivity contribution < 1.29 is 13.2 Å². The normalized spacial score (nSPS) is 18.7. The number of halogens is 2. The summed E-state index contributed by atoms with van der Waals surface area (Å²) in [5, 5.41) is 3.74. The number of nitrogens with one attached hydrogen (secondary N) is 1. The van der Waals surface area contributed by atoms with E-state index in [1.165, 1.54) is 4.31 Å². The molecule has 1 heterocycles. The van der Waals surface area contributed by atoms with E-state index in [9.17, 15) is 13.2 Å². The molecule has 2 aromatic carbocycles. The summed E-state index contributed by atoms with van der Waals surface area (Å²) in [7, 11) is -3.65. The summed E-state index contributed by atoms with van der Waals surface area (Å²) in [6.45, 7) is 2.58. The summed E-state index contributed by atoms with van der Waals surface area (Å²) in [6.07, 6.45) is 2.06. The van der Waals surface area contributed by atoms with E-state index in [0.29, 0.717) is 35.0 Å². The van der Waals surface area contributed by atoms with Crippen molar-refractivity contribution in [2.75, 3.05) is 13.1 Å². The van der Waals surface area contributed by atoms with Crippen LogP contribution in [0, 0.1) is 5.92 Å². The van der Waals surface area contributed by atoms with Crippen molar-refractivity contribution in [3.05, 3.63) is 69.7 Å². The number of sulfonamides is 1. The maximum atomic E-state index is 13.0. The highest BCUT2D eigenvalue weighted by atomic mass is 35.5. The standard InChI is InChI=1S/C22H26Cl2N2O3S/c1-2-21(16-8-4-3-5-9-16)25-22(27)17-10-7-13-26(14-17)30(28,29)15-18-19(23)11-6-12-20(18)24/h3-6,8-9,11-12,17,21H,2,7,10,13-15H2,1H3,(H,25,27)/t17-,21+/m1/s1. The zero-order valence-electron chi connectivity index (χ0n) is 16.9. The quantitative estimate of drug-likeness (QED) is 0.634. The lowest BCUT2D eigenvalue weighted by Gasteiger charge is -2.32. The van der Waals surface area contributed by atoms with Crippen LogP contribution in [-0.4, -0.2) is 31.7 Å². The lowest BCUT2D eigenvalue weighted by atomic mass is 9.97. The Morgan fingerprint density at radius 1 is 1.13 bits per heavy atom. The molecule has 2 aromatic rings. The van der Waals surface area contributed by atoms with Gasteiger partial charge in [-0.15, -0.1) is 0 Å². The Balaban J connectivity index is 1.69. The zero-order valence-corrected chi connectivity index (χ0v) is 19.2. The van der Waals surface area contributed by atoms with E-state index < -0.39 is 10.0 Å². The number of hydrogen-bond acceptors (Lipinski definition) is 3. The topological polar surface area (TPSA) is 66.5 Å². The van der Waals surface area contributed by atoms with Crippen molar-refractivity contribution in [1.29, 1.82) is 0 Å². The Morgan fingerprint density at radius 2 is 1.80 bits per heavy atom. The van der Waals surface area contributed by atoms with Gasteiger partial charge in [0, 0.05) is 28.7 Å². The molecule has 5 nitrogen and oxygen atoms in total. The number of nitrogens with zero attached hydrogens (tertiary/aromatic N) is 1. The van der Waals surface area contributed by atoms with Gasteiger partial charge in [-0.25, -0.2) is 12.7 Å². The Hall–Kier alpha value is -1.60. The Morgan fingerprint density at radius 3 is 2.43 bits per heavy atom. The summed E-state index contributed by atoms with van der Waals surface area (Å²) in [6, 6.07) is 14.6. The van der Waals surface area contributed by atoms with Gasteiger partial charge in [0.15, 0.2) is 0 Å². The van der Waals surface area contributed by atoms with E-state index in [0.717, 1.165) is 12.0 Å². The fourth-order valence-electron chi connectivity index (χ4n) is 3.75. The summed E-state index contributed by atoms with van der Waals surface area (Å²) in [5.41, 5.74) is 1.43. The fourth-order valence-corrected chi connectivity index (χ4v) is 6.11. The average Bonchev–Trinajstić information content (AvgIpc) is 2.75. The van der Waals surface area contributed by atoms with Gasteiger partial charge in [-0.3, -0.25) is 4.79 Å². The average molecular weight is 469 g/mol. The molecule has 1 aliphatic rings. The summed E-state index contributed by atoms with van der Waals surface area (Å²) < 4.78 is 27.4. The molecule has 0 unspecified atom stereocenters.